The van der Waals surface area contributed by atoms with E-state index < -0.39 is 36.0 Å². The lowest BCUT2D eigenvalue weighted by atomic mass is 9.92. The summed E-state index contributed by atoms with van der Waals surface area (Å²) in [6, 6.07) is 2.47. The number of nitrogens with zero attached hydrogens (tertiary/aromatic N) is 1. The highest BCUT2D eigenvalue weighted by Gasteiger charge is 2.35. The van der Waals surface area contributed by atoms with Gasteiger partial charge in [-0.05, 0) is 30.9 Å². The molecule has 1 heterocycles. The predicted molar refractivity (Wildman–Crippen MR) is 71.6 cm³/mol. The molecule has 0 radical (unpaired) electrons. The van der Waals surface area contributed by atoms with Gasteiger partial charge in [0.05, 0.1) is 6.42 Å². The molecule has 0 bridgehead atoms. The lowest BCUT2D eigenvalue weighted by Crippen LogP contribution is -2.50. The van der Waals surface area contributed by atoms with Gasteiger partial charge in [-0.15, -0.1) is 0 Å². The number of likely N-dealkylation sites (tertiary alicyclic amines) is 1. The van der Waals surface area contributed by atoms with E-state index in [1.807, 2.05) is 6.92 Å². The topological polar surface area (TPSA) is 57.6 Å². The molecule has 114 valence electrons. The van der Waals surface area contributed by atoms with E-state index in [2.05, 4.69) is 0 Å². The zero-order valence-electron chi connectivity index (χ0n) is 11.7. The summed E-state index contributed by atoms with van der Waals surface area (Å²) in [5.41, 5.74) is -0.315. The highest BCUT2D eigenvalue weighted by molar-refractivity contribution is 5.85. The van der Waals surface area contributed by atoms with Gasteiger partial charge in [-0.3, -0.25) is 4.79 Å². The maximum Gasteiger partial charge on any atom is 0.326 e. The standard InChI is InChI=1S/C15H17F2NO3/c1-9-5-6-18(13(7-9)15(20)21)14(19)8-10-11(16)3-2-4-12(10)17/h2-4,9,13H,5-8H2,1H3,(H,20,21). The number of piperidine rings is 1. The van der Waals surface area contributed by atoms with Crippen LogP contribution in [0.3, 0.4) is 0 Å². The minimum atomic E-state index is -1.08. The summed E-state index contributed by atoms with van der Waals surface area (Å²) < 4.78 is 27.1. The summed E-state index contributed by atoms with van der Waals surface area (Å²) in [6.07, 6.45) is 0.590. The number of hydrogen-bond donors (Lipinski definition) is 1. The van der Waals surface area contributed by atoms with Crippen molar-refractivity contribution in [2.75, 3.05) is 6.54 Å². The number of carboxylic acids is 1. The fourth-order valence-corrected chi connectivity index (χ4v) is 2.63. The van der Waals surface area contributed by atoms with Gasteiger partial charge in [-0.2, -0.15) is 0 Å². The Bertz CT molecular complexity index is 542. The van der Waals surface area contributed by atoms with Crippen LogP contribution in [0.2, 0.25) is 0 Å². The molecule has 2 unspecified atom stereocenters. The molecule has 21 heavy (non-hydrogen) atoms. The van der Waals surface area contributed by atoms with Crippen LogP contribution in [0.1, 0.15) is 25.3 Å². The van der Waals surface area contributed by atoms with Crippen LogP contribution >= 0.6 is 0 Å². The third kappa shape index (κ3) is 3.37. The summed E-state index contributed by atoms with van der Waals surface area (Å²) >= 11 is 0. The van der Waals surface area contributed by atoms with Crippen molar-refractivity contribution in [1.29, 1.82) is 0 Å². The number of carbonyl (C=O) groups excluding carboxylic acids is 1. The largest absolute Gasteiger partial charge is 0.480 e. The number of aliphatic carboxylic acids is 1. The van der Waals surface area contributed by atoms with Crippen molar-refractivity contribution in [2.24, 2.45) is 5.92 Å². The van der Waals surface area contributed by atoms with Gasteiger partial charge in [0.1, 0.15) is 17.7 Å². The van der Waals surface area contributed by atoms with Gasteiger partial charge >= 0.3 is 5.97 Å². The first-order valence-electron chi connectivity index (χ1n) is 6.85. The van der Waals surface area contributed by atoms with E-state index in [9.17, 15) is 23.5 Å². The van der Waals surface area contributed by atoms with Crippen LogP contribution in [0.5, 0.6) is 0 Å². The first-order valence-corrected chi connectivity index (χ1v) is 6.85. The van der Waals surface area contributed by atoms with Gasteiger partial charge in [0.2, 0.25) is 5.91 Å². The molecule has 1 aliphatic rings. The highest BCUT2D eigenvalue weighted by Crippen LogP contribution is 2.24. The average molecular weight is 297 g/mol. The second-order valence-corrected chi connectivity index (χ2v) is 5.45. The Morgan fingerprint density at radius 2 is 1.95 bits per heavy atom. The number of hydrogen-bond acceptors (Lipinski definition) is 2. The molecule has 1 N–H and O–H groups in total. The van der Waals surface area contributed by atoms with E-state index in [4.69, 9.17) is 0 Å². The molecule has 4 nitrogen and oxygen atoms in total. The first-order chi connectivity index (χ1) is 9.90. The number of amides is 1. The Morgan fingerprint density at radius 1 is 1.33 bits per heavy atom. The van der Waals surface area contributed by atoms with Gasteiger partial charge in [-0.1, -0.05) is 13.0 Å². The van der Waals surface area contributed by atoms with Crippen LogP contribution in [0.4, 0.5) is 8.78 Å². The van der Waals surface area contributed by atoms with E-state index in [0.29, 0.717) is 19.4 Å². The van der Waals surface area contributed by atoms with Gasteiger partial charge in [-0.25, -0.2) is 13.6 Å². The van der Waals surface area contributed by atoms with Crippen molar-refractivity contribution in [1.82, 2.24) is 4.90 Å². The van der Waals surface area contributed by atoms with Gasteiger partial charge in [0.15, 0.2) is 0 Å². The van der Waals surface area contributed by atoms with E-state index in [0.717, 1.165) is 12.1 Å². The van der Waals surface area contributed by atoms with Crippen molar-refractivity contribution in [3.63, 3.8) is 0 Å². The number of carbonyl (C=O) groups is 2. The van der Waals surface area contributed by atoms with Crippen LogP contribution in [-0.4, -0.2) is 34.5 Å². The van der Waals surface area contributed by atoms with Crippen molar-refractivity contribution in [3.05, 3.63) is 35.4 Å². The molecule has 1 aromatic carbocycles. The molecule has 2 atom stereocenters. The monoisotopic (exact) mass is 297 g/mol. The molecule has 1 fully saturated rings. The quantitative estimate of drug-likeness (QED) is 0.930. The molecule has 0 aliphatic carbocycles. The Balaban J connectivity index is 2.17. The molecule has 6 heteroatoms. The number of carboxylic acid groups (broad SMARTS) is 1. The summed E-state index contributed by atoms with van der Waals surface area (Å²) in [4.78, 5) is 24.7. The molecule has 1 amide bonds. The lowest BCUT2D eigenvalue weighted by Gasteiger charge is -2.36. The maximum absolute atomic E-state index is 13.6. The third-order valence-corrected chi connectivity index (χ3v) is 3.86. The average Bonchev–Trinajstić information content (AvgIpc) is 2.42. The normalized spacial score (nSPS) is 22.1. The van der Waals surface area contributed by atoms with Gasteiger partial charge in [0, 0.05) is 12.1 Å². The summed E-state index contributed by atoms with van der Waals surface area (Å²) in [5.74, 6) is -3.01. The minimum Gasteiger partial charge on any atom is -0.480 e. The van der Waals surface area contributed by atoms with Crippen LogP contribution in [0.25, 0.3) is 0 Å². The summed E-state index contributed by atoms with van der Waals surface area (Å²) in [7, 11) is 0. The van der Waals surface area contributed by atoms with E-state index in [-0.39, 0.29) is 11.5 Å². The van der Waals surface area contributed by atoms with Gasteiger partial charge in [0.25, 0.3) is 0 Å². The second kappa shape index (κ2) is 6.20. The van der Waals surface area contributed by atoms with Gasteiger partial charge < -0.3 is 10.0 Å². The fourth-order valence-electron chi connectivity index (χ4n) is 2.63. The first kappa shape index (κ1) is 15.4. The maximum atomic E-state index is 13.6. The number of benzene rings is 1. The molecule has 1 aromatic rings. The predicted octanol–water partition coefficient (Wildman–Crippen LogP) is 2.22. The second-order valence-electron chi connectivity index (χ2n) is 5.45. The van der Waals surface area contributed by atoms with Crippen molar-refractivity contribution in [3.8, 4) is 0 Å². The molecule has 1 saturated heterocycles. The summed E-state index contributed by atoms with van der Waals surface area (Å²) in [6.45, 7) is 2.22. The number of rotatable bonds is 3. The van der Waals surface area contributed by atoms with E-state index in [1.165, 1.54) is 11.0 Å². The molecule has 0 spiro atoms. The molecule has 0 aromatic heterocycles. The molecule has 2 rings (SSSR count). The Morgan fingerprint density at radius 3 is 2.52 bits per heavy atom. The molecule has 1 aliphatic heterocycles. The zero-order valence-corrected chi connectivity index (χ0v) is 11.7. The highest BCUT2D eigenvalue weighted by atomic mass is 19.1. The Kier molecular flexibility index (Phi) is 4.55. The SMILES string of the molecule is CC1CCN(C(=O)Cc2c(F)cccc2F)C(C(=O)O)C1. The van der Waals surface area contributed by atoms with Crippen molar-refractivity contribution in [2.45, 2.75) is 32.2 Å². The Hall–Kier alpha value is -1.98. The van der Waals surface area contributed by atoms with Crippen LogP contribution < -0.4 is 0 Å². The zero-order chi connectivity index (χ0) is 15.6. The summed E-state index contributed by atoms with van der Waals surface area (Å²) in [5, 5.41) is 9.21. The minimum absolute atomic E-state index is 0.209. The number of halogens is 2. The van der Waals surface area contributed by atoms with E-state index in [1.54, 1.807) is 0 Å². The van der Waals surface area contributed by atoms with E-state index >= 15 is 0 Å². The molecular weight excluding hydrogens is 280 g/mol. The molecular formula is C15H17F2NO3. The van der Waals surface area contributed by atoms with Crippen molar-refractivity contribution < 1.29 is 23.5 Å². The lowest BCUT2D eigenvalue weighted by molar-refractivity contribution is -0.152. The van der Waals surface area contributed by atoms with Crippen LogP contribution in [-0.2, 0) is 16.0 Å². The van der Waals surface area contributed by atoms with Crippen LogP contribution in [0.15, 0.2) is 18.2 Å². The third-order valence-electron chi connectivity index (χ3n) is 3.86. The molecule has 0 saturated carbocycles. The van der Waals surface area contributed by atoms with Crippen molar-refractivity contribution >= 4 is 11.9 Å². The smallest absolute Gasteiger partial charge is 0.326 e. The van der Waals surface area contributed by atoms with Crippen LogP contribution in [0, 0.1) is 17.6 Å². The Labute approximate surface area is 121 Å². The fraction of sp³-hybridized carbons (Fsp3) is 0.467.